The second-order valence-electron chi connectivity index (χ2n) is 6.34. The van der Waals surface area contributed by atoms with Crippen LogP contribution in [0, 0.1) is 0 Å². The molecule has 7 heteroatoms. The van der Waals surface area contributed by atoms with Crippen LogP contribution < -0.4 is 0 Å². The lowest BCUT2D eigenvalue weighted by atomic mass is 10.1. The maximum absolute atomic E-state index is 12.8. The maximum Gasteiger partial charge on any atom is 0.252 e. The van der Waals surface area contributed by atoms with Gasteiger partial charge in [-0.3, -0.25) is 0 Å². The molecule has 0 aliphatic heterocycles. The molecule has 0 saturated carbocycles. The molecule has 142 valence electrons. The van der Waals surface area contributed by atoms with Gasteiger partial charge in [-0.2, -0.15) is 9.40 Å². The zero-order valence-corrected chi connectivity index (χ0v) is 16.9. The molecule has 4 aromatic rings. The summed E-state index contributed by atoms with van der Waals surface area (Å²) in [6.45, 7) is 0.233. The molecule has 0 spiro atoms. The van der Waals surface area contributed by atoms with Gasteiger partial charge in [-0.15, -0.1) is 11.3 Å². The van der Waals surface area contributed by atoms with Crippen LogP contribution in [-0.4, -0.2) is 29.6 Å². The molecule has 0 amide bonds. The van der Waals surface area contributed by atoms with Crippen LogP contribution in [0.5, 0.6) is 0 Å². The molecule has 28 heavy (non-hydrogen) atoms. The number of sulfonamides is 1. The number of aromatic nitrogens is 2. The molecule has 2 aromatic heterocycles. The van der Waals surface area contributed by atoms with Crippen molar-refractivity contribution < 1.29 is 8.42 Å². The fourth-order valence-corrected chi connectivity index (χ4v) is 5.32. The van der Waals surface area contributed by atoms with Gasteiger partial charge in [0.25, 0.3) is 10.0 Å². The zero-order valence-electron chi connectivity index (χ0n) is 15.3. The van der Waals surface area contributed by atoms with Crippen LogP contribution in [0.15, 0.2) is 88.6 Å². The Balaban J connectivity index is 1.74. The lowest BCUT2D eigenvalue weighted by Gasteiger charge is -2.16. The number of benzene rings is 2. The number of rotatable bonds is 6. The van der Waals surface area contributed by atoms with E-state index in [1.54, 1.807) is 29.2 Å². The monoisotopic (exact) mass is 409 g/mol. The Labute approximate surface area is 168 Å². The van der Waals surface area contributed by atoms with Crippen LogP contribution in [0.4, 0.5) is 0 Å². The average Bonchev–Trinajstić information content (AvgIpc) is 3.40. The molecule has 0 unspecified atom stereocenters. The molecular formula is C21H19N3O2S2. The molecule has 0 radical (unpaired) electrons. The highest BCUT2D eigenvalue weighted by molar-refractivity contribution is 7.91. The molecule has 0 bridgehead atoms. The Morgan fingerprint density at radius 2 is 1.64 bits per heavy atom. The molecule has 4 rings (SSSR count). The highest BCUT2D eigenvalue weighted by atomic mass is 32.2. The van der Waals surface area contributed by atoms with E-state index in [0.717, 1.165) is 22.5 Å². The molecular weight excluding hydrogens is 390 g/mol. The molecule has 0 fully saturated rings. The zero-order chi connectivity index (χ0) is 19.6. The smallest absolute Gasteiger partial charge is 0.240 e. The minimum atomic E-state index is -3.53. The molecule has 0 aliphatic carbocycles. The van der Waals surface area contributed by atoms with Crippen molar-refractivity contribution >= 4 is 21.4 Å². The highest BCUT2D eigenvalue weighted by Gasteiger charge is 2.24. The quantitative estimate of drug-likeness (QED) is 0.474. The first-order valence-electron chi connectivity index (χ1n) is 8.75. The lowest BCUT2D eigenvalue weighted by molar-refractivity contribution is 0.469. The third-order valence-corrected chi connectivity index (χ3v) is 7.59. The van der Waals surface area contributed by atoms with Crippen molar-refractivity contribution in [2.75, 3.05) is 7.05 Å². The van der Waals surface area contributed by atoms with E-state index in [2.05, 4.69) is 0 Å². The summed E-state index contributed by atoms with van der Waals surface area (Å²) in [6.07, 6.45) is 1.90. The predicted molar refractivity (Wildman–Crippen MR) is 112 cm³/mol. The first-order valence-corrected chi connectivity index (χ1v) is 11.1. The van der Waals surface area contributed by atoms with Gasteiger partial charge in [0.1, 0.15) is 4.21 Å². The molecule has 5 nitrogen and oxygen atoms in total. The minimum Gasteiger partial charge on any atom is -0.240 e. The van der Waals surface area contributed by atoms with Gasteiger partial charge in [-0.1, -0.05) is 54.6 Å². The Kier molecular flexibility index (Phi) is 5.13. The van der Waals surface area contributed by atoms with E-state index in [1.165, 1.54) is 15.6 Å². The number of hydrogen-bond donors (Lipinski definition) is 0. The van der Waals surface area contributed by atoms with Crippen LogP contribution in [0.1, 0.15) is 5.56 Å². The van der Waals surface area contributed by atoms with Crippen molar-refractivity contribution in [1.29, 1.82) is 0 Å². The van der Waals surface area contributed by atoms with Gasteiger partial charge in [0.2, 0.25) is 0 Å². The van der Waals surface area contributed by atoms with Gasteiger partial charge in [0.05, 0.1) is 11.4 Å². The second-order valence-corrected chi connectivity index (χ2v) is 9.56. The van der Waals surface area contributed by atoms with Gasteiger partial charge < -0.3 is 0 Å². The van der Waals surface area contributed by atoms with E-state index in [-0.39, 0.29) is 6.54 Å². The Hall–Kier alpha value is -2.74. The van der Waals surface area contributed by atoms with E-state index in [9.17, 15) is 8.42 Å². The Morgan fingerprint density at radius 1 is 0.964 bits per heavy atom. The number of para-hydroxylation sites is 1. The molecule has 2 heterocycles. The van der Waals surface area contributed by atoms with E-state index >= 15 is 0 Å². The van der Waals surface area contributed by atoms with Gasteiger partial charge in [0, 0.05) is 30.9 Å². The summed E-state index contributed by atoms with van der Waals surface area (Å²) >= 11 is 1.22. The van der Waals surface area contributed by atoms with Crippen LogP contribution in [0.25, 0.3) is 16.9 Å². The third-order valence-electron chi connectivity index (χ3n) is 4.41. The first-order chi connectivity index (χ1) is 13.6. The molecule has 0 atom stereocenters. The summed E-state index contributed by atoms with van der Waals surface area (Å²) in [6, 6.07) is 23.0. The lowest BCUT2D eigenvalue weighted by Crippen LogP contribution is -2.25. The van der Waals surface area contributed by atoms with Crippen LogP contribution in [0.2, 0.25) is 0 Å². The van der Waals surface area contributed by atoms with E-state index in [1.807, 2.05) is 66.9 Å². The highest BCUT2D eigenvalue weighted by Crippen LogP contribution is 2.27. The average molecular weight is 410 g/mol. The largest absolute Gasteiger partial charge is 0.252 e. The SMILES string of the molecule is CN(Cc1cn(-c2ccccc2)nc1-c1ccccc1)S(=O)(=O)c1cccs1. The topological polar surface area (TPSA) is 55.2 Å². The third kappa shape index (κ3) is 3.64. The molecule has 0 N–H and O–H groups in total. The van der Waals surface area contributed by atoms with E-state index in [4.69, 9.17) is 5.10 Å². The maximum atomic E-state index is 12.8. The number of hydrogen-bond acceptors (Lipinski definition) is 4. The number of nitrogens with zero attached hydrogens (tertiary/aromatic N) is 3. The summed E-state index contributed by atoms with van der Waals surface area (Å²) in [5.41, 5.74) is 3.50. The van der Waals surface area contributed by atoms with Crippen LogP contribution in [0.3, 0.4) is 0 Å². The Morgan fingerprint density at radius 3 is 2.29 bits per heavy atom. The van der Waals surface area contributed by atoms with Crippen LogP contribution >= 0.6 is 11.3 Å². The van der Waals surface area contributed by atoms with Gasteiger partial charge in [0.15, 0.2) is 0 Å². The van der Waals surface area contributed by atoms with Gasteiger partial charge >= 0.3 is 0 Å². The first kappa shape index (κ1) is 18.6. The second kappa shape index (κ2) is 7.71. The number of thiophene rings is 1. The van der Waals surface area contributed by atoms with Crippen LogP contribution in [-0.2, 0) is 16.6 Å². The fourth-order valence-electron chi connectivity index (χ4n) is 2.97. The van der Waals surface area contributed by atoms with Gasteiger partial charge in [-0.05, 0) is 23.6 Å². The van der Waals surface area contributed by atoms with E-state index < -0.39 is 10.0 Å². The van der Waals surface area contributed by atoms with Crippen molar-refractivity contribution in [1.82, 2.24) is 14.1 Å². The van der Waals surface area contributed by atoms with Crippen molar-refractivity contribution in [2.45, 2.75) is 10.8 Å². The molecule has 2 aromatic carbocycles. The minimum absolute atomic E-state index is 0.233. The van der Waals surface area contributed by atoms with Crippen molar-refractivity contribution in [3.8, 4) is 16.9 Å². The summed E-state index contributed by atoms with van der Waals surface area (Å²) in [7, 11) is -1.93. The molecule has 0 saturated heterocycles. The standard InChI is InChI=1S/C21H19N3O2S2/c1-23(28(25,26)20-13-8-14-27-20)15-18-16-24(19-11-6-3-7-12-19)22-21(18)17-9-4-2-5-10-17/h2-14,16H,15H2,1H3. The summed E-state index contributed by atoms with van der Waals surface area (Å²) in [5, 5.41) is 6.51. The summed E-state index contributed by atoms with van der Waals surface area (Å²) in [5.74, 6) is 0. The van der Waals surface area contributed by atoms with Crippen molar-refractivity contribution in [3.05, 3.63) is 89.9 Å². The summed E-state index contributed by atoms with van der Waals surface area (Å²) in [4.78, 5) is 0. The van der Waals surface area contributed by atoms with Gasteiger partial charge in [-0.25, -0.2) is 13.1 Å². The Bertz CT molecular complexity index is 1150. The van der Waals surface area contributed by atoms with Crippen molar-refractivity contribution in [3.63, 3.8) is 0 Å². The normalized spacial score (nSPS) is 11.8. The molecule has 0 aliphatic rings. The van der Waals surface area contributed by atoms with E-state index in [0.29, 0.717) is 4.21 Å². The fraction of sp³-hybridized carbons (Fsp3) is 0.0952. The van der Waals surface area contributed by atoms with Crippen molar-refractivity contribution in [2.24, 2.45) is 0 Å². The summed E-state index contributed by atoms with van der Waals surface area (Å²) < 4.78 is 29.2. The predicted octanol–water partition coefficient (Wildman–Crippen LogP) is 4.42.